The Labute approximate surface area is 110 Å². The van der Waals surface area contributed by atoms with Crippen molar-refractivity contribution in [1.82, 2.24) is 10.3 Å². The smallest absolute Gasteiger partial charge is 0.229 e. The van der Waals surface area contributed by atoms with E-state index in [1.807, 2.05) is 26.8 Å². The number of anilines is 1. The summed E-state index contributed by atoms with van der Waals surface area (Å²) in [6.45, 7) is 7.35. The monoisotopic (exact) mass is 299 g/mol. The fraction of sp³-hybridized carbons (Fsp3) is 0.500. The van der Waals surface area contributed by atoms with Gasteiger partial charge in [0, 0.05) is 16.9 Å². The van der Waals surface area contributed by atoms with Crippen LogP contribution in [0.15, 0.2) is 16.6 Å². The van der Waals surface area contributed by atoms with E-state index in [4.69, 9.17) is 0 Å². The molecule has 0 aliphatic rings. The van der Waals surface area contributed by atoms with Crippen LogP contribution in [0.4, 0.5) is 5.82 Å². The molecule has 0 aliphatic carbocycles. The first kappa shape index (κ1) is 14.1. The van der Waals surface area contributed by atoms with Gasteiger partial charge in [-0.15, -0.1) is 0 Å². The minimum absolute atomic E-state index is 0.0137. The van der Waals surface area contributed by atoms with E-state index in [2.05, 4.69) is 31.5 Å². The van der Waals surface area contributed by atoms with E-state index in [1.54, 1.807) is 6.07 Å². The highest BCUT2D eigenvalue weighted by atomic mass is 79.9. The first-order chi connectivity index (χ1) is 8.04. The van der Waals surface area contributed by atoms with Gasteiger partial charge in [-0.3, -0.25) is 4.79 Å². The molecule has 0 saturated carbocycles. The molecule has 0 aromatic carbocycles. The van der Waals surface area contributed by atoms with Crippen molar-refractivity contribution >= 4 is 27.7 Å². The first-order valence-corrected chi connectivity index (χ1v) is 6.48. The number of aromatic nitrogens is 1. The van der Waals surface area contributed by atoms with Crippen molar-refractivity contribution in [2.24, 2.45) is 5.92 Å². The number of halogens is 1. The summed E-state index contributed by atoms with van der Waals surface area (Å²) >= 11 is 3.37. The van der Waals surface area contributed by atoms with Gasteiger partial charge in [0.05, 0.1) is 5.69 Å². The van der Waals surface area contributed by atoms with Gasteiger partial charge in [0.25, 0.3) is 0 Å². The minimum Gasteiger partial charge on any atom is -0.316 e. The lowest BCUT2D eigenvalue weighted by molar-refractivity contribution is -0.119. The van der Waals surface area contributed by atoms with E-state index >= 15 is 0 Å². The molecule has 0 saturated heterocycles. The maximum Gasteiger partial charge on any atom is 0.229 e. The van der Waals surface area contributed by atoms with Gasteiger partial charge in [0.2, 0.25) is 5.91 Å². The molecule has 0 spiro atoms. The van der Waals surface area contributed by atoms with Crippen molar-refractivity contribution in [3.63, 3.8) is 0 Å². The highest BCUT2D eigenvalue weighted by Crippen LogP contribution is 2.16. The number of hydrogen-bond acceptors (Lipinski definition) is 3. The quantitative estimate of drug-likeness (QED) is 0.877. The summed E-state index contributed by atoms with van der Waals surface area (Å²) in [6, 6.07) is 3.67. The van der Waals surface area contributed by atoms with E-state index in [1.165, 1.54) is 0 Å². The molecule has 2 N–H and O–H groups in total. The number of pyridine rings is 1. The third-order valence-electron chi connectivity index (χ3n) is 2.42. The van der Waals surface area contributed by atoms with Gasteiger partial charge < -0.3 is 10.6 Å². The molecular formula is C12H18BrN3O. The average molecular weight is 300 g/mol. The number of nitrogens with zero attached hydrogens (tertiary/aromatic N) is 1. The Kier molecular flexibility index (Phi) is 5.58. The lowest BCUT2D eigenvalue weighted by atomic mass is 10.1. The molecule has 17 heavy (non-hydrogen) atoms. The largest absolute Gasteiger partial charge is 0.316 e. The third-order valence-corrected chi connectivity index (χ3v) is 3.26. The van der Waals surface area contributed by atoms with Gasteiger partial charge in [-0.2, -0.15) is 0 Å². The molecular weight excluding hydrogens is 282 g/mol. The van der Waals surface area contributed by atoms with Crippen LogP contribution in [-0.2, 0) is 4.79 Å². The van der Waals surface area contributed by atoms with E-state index in [0.29, 0.717) is 12.4 Å². The van der Waals surface area contributed by atoms with Crippen LogP contribution in [0.3, 0.4) is 0 Å². The summed E-state index contributed by atoms with van der Waals surface area (Å²) in [4.78, 5) is 16.1. The standard InChI is InChI=1S/C12H18BrN3O/c1-4-14-7-8(2)12(17)16-11-6-5-10(13)9(3)15-11/h5-6,8,14H,4,7H2,1-3H3,(H,15,16,17). The molecule has 5 heteroatoms. The van der Waals surface area contributed by atoms with Crippen molar-refractivity contribution in [2.45, 2.75) is 20.8 Å². The van der Waals surface area contributed by atoms with Crippen LogP contribution in [0, 0.1) is 12.8 Å². The van der Waals surface area contributed by atoms with Gasteiger partial charge in [-0.25, -0.2) is 4.98 Å². The Balaban J connectivity index is 2.58. The highest BCUT2D eigenvalue weighted by molar-refractivity contribution is 9.10. The summed E-state index contributed by atoms with van der Waals surface area (Å²) < 4.78 is 0.941. The van der Waals surface area contributed by atoms with E-state index in [-0.39, 0.29) is 11.8 Å². The van der Waals surface area contributed by atoms with Crippen LogP contribution >= 0.6 is 15.9 Å². The van der Waals surface area contributed by atoms with Crippen molar-refractivity contribution in [3.8, 4) is 0 Å². The summed E-state index contributed by atoms with van der Waals surface area (Å²) in [5.74, 6) is 0.514. The van der Waals surface area contributed by atoms with Crippen LogP contribution in [0.5, 0.6) is 0 Å². The van der Waals surface area contributed by atoms with Gasteiger partial charge in [0.1, 0.15) is 5.82 Å². The maximum absolute atomic E-state index is 11.8. The number of amides is 1. The second kappa shape index (κ2) is 6.71. The zero-order valence-electron chi connectivity index (χ0n) is 10.4. The van der Waals surface area contributed by atoms with E-state index < -0.39 is 0 Å². The Morgan fingerprint density at radius 1 is 1.53 bits per heavy atom. The molecule has 0 bridgehead atoms. The number of carbonyl (C=O) groups is 1. The Morgan fingerprint density at radius 3 is 2.82 bits per heavy atom. The molecule has 1 amide bonds. The topological polar surface area (TPSA) is 54.0 Å². The van der Waals surface area contributed by atoms with Gasteiger partial charge in [0.15, 0.2) is 0 Å². The van der Waals surface area contributed by atoms with Crippen LogP contribution in [-0.4, -0.2) is 24.0 Å². The molecule has 4 nitrogen and oxygen atoms in total. The summed E-state index contributed by atoms with van der Waals surface area (Å²) in [7, 11) is 0. The Morgan fingerprint density at radius 2 is 2.24 bits per heavy atom. The summed E-state index contributed by atoms with van der Waals surface area (Å²) in [5.41, 5.74) is 0.863. The van der Waals surface area contributed by atoms with Crippen molar-refractivity contribution in [3.05, 3.63) is 22.3 Å². The second-order valence-corrected chi connectivity index (χ2v) is 4.82. The molecule has 94 valence electrons. The fourth-order valence-electron chi connectivity index (χ4n) is 1.32. The molecule has 1 aromatic rings. The van der Waals surface area contributed by atoms with E-state index in [9.17, 15) is 4.79 Å². The first-order valence-electron chi connectivity index (χ1n) is 5.69. The number of rotatable bonds is 5. The zero-order valence-corrected chi connectivity index (χ0v) is 12.0. The number of nitrogens with one attached hydrogen (secondary N) is 2. The predicted octanol–water partition coefficient (Wildman–Crippen LogP) is 2.34. The third kappa shape index (κ3) is 4.44. The lowest BCUT2D eigenvalue weighted by Gasteiger charge is -2.12. The maximum atomic E-state index is 11.8. The predicted molar refractivity (Wildman–Crippen MR) is 73.0 cm³/mol. The SMILES string of the molecule is CCNCC(C)C(=O)Nc1ccc(Br)c(C)n1. The number of aryl methyl sites for hydroxylation is 1. The summed E-state index contributed by atoms with van der Waals surface area (Å²) in [6.07, 6.45) is 0. The van der Waals surface area contributed by atoms with Crippen LogP contribution in [0.2, 0.25) is 0 Å². The second-order valence-electron chi connectivity index (χ2n) is 3.96. The summed E-state index contributed by atoms with van der Waals surface area (Å²) in [5, 5.41) is 5.95. The van der Waals surface area contributed by atoms with Gasteiger partial charge >= 0.3 is 0 Å². The number of carbonyl (C=O) groups excluding carboxylic acids is 1. The zero-order chi connectivity index (χ0) is 12.8. The van der Waals surface area contributed by atoms with Crippen LogP contribution < -0.4 is 10.6 Å². The fourth-order valence-corrected chi connectivity index (χ4v) is 1.54. The minimum atomic E-state index is -0.0688. The molecule has 1 rings (SSSR count). The van der Waals surface area contributed by atoms with Crippen molar-refractivity contribution < 1.29 is 4.79 Å². The molecule has 1 heterocycles. The van der Waals surface area contributed by atoms with Gasteiger partial charge in [-0.1, -0.05) is 13.8 Å². The number of hydrogen-bond donors (Lipinski definition) is 2. The Bertz CT molecular complexity index is 395. The highest BCUT2D eigenvalue weighted by Gasteiger charge is 2.12. The Hall–Kier alpha value is -0.940. The average Bonchev–Trinajstić information content (AvgIpc) is 2.30. The van der Waals surface area contributed by atoms with Gasteiger partial charge in [-0.05, 0) is 41.5 Å². The molecule has 1 atom stereocenters. The van der Waals surface area contributed by atoms with E-state index in [0.717, 1.165) is 16.7 Å². The molecule has 0 aliphatic heterocycles. The van der Waals surface area contributed by atoms with Crippen LogP contribution in [0.1, 0.15) is 19.5 Å². The molecule has 0 radical (unpaired) electrons. The molecule has 1 unspecified atom stereocenters. The van der Waals surface area contributed by atoms with Crippen LogP contribution in [0.25, 0.3) is 0 Å². The molecule has 0 fully saturated rings. The van der Waals surface area contributed by atoms with Crippen molar-refractivity contribution in [1.29, 1.82) is 0 Å². The normalized spacial score (nSPS) is 12.2. The van der Waals surface area contributed by atoms with Crippen molar-refractivity contribution in [2.75, 3.05) is 18.4 Å². The lowest BCUT2D eigenvalue weighted by Crippen LogP contribution is -2.30. The molecule has 1 aromatic heterocycles.